The lowest BCUT2D eigenvalue weighted by Gasteiger charge is -2.33. The monoisotopic (exact) mass is 421 g/mol. The molecule has 2 heterocycles. The molecule has 0 spiro atoms. The van der Waals surface area contributed by atoms with Crippen molar-refractivity contribution in [2.24, 2.45) is 0 Å². The van der Waals surface area contributed by atoms with Crippen LogP contribution in [0.25, 0.3) is 0 Å². The van der Waals surface area contributed by atoms with Crippen LogP contribution in [0.15, 0.2) is 18.2 Å². The van der Waals surface area contributed by atoms with E-state index in [-0.39, 0.29) is 11.7 Å². The van der Waals surface area contributed by atoms with E-state index in [0.717, 1.165) is 26.1 Å². The Morgan fingerprint density at radius 1 is 1.17 bits per heavy atom. The number of piperazine rings is 1. The summed E-state index contributed by atoms with van der Waals surface area (Å²) in [6, 6.07) is 5.96. The summed E-state index contributed by atoms with van der Waals surface area (Å²) in [7, 11) is 0. The van der Waals surface area contributed by atoms with E-state index in [1.165, 1.54) is 19.4 Å². The lowest BCUT2D eigenvalue weighted by molar-refractivity contribution is -0.130. The van der Waals surface area contributed by atoms with Crippen molar-refractivity contribution in [2.75, 3.05) is 52.4 Å². The molecule has 3 rings (SSSR count). The molecule has 2 aliphatic heterocycles. The molecule has 0 bridgehead atoms. The molecule has 0 N–H and O–H groups in total. The highest BCUT2D eigenvalue weighted by Crippen LogP contribution is 2.26. The maximum absolute atomic E-state index is 12.6. The fraction of sp³-hybridized carbons (Fsp3) is 0.636. The second kappa shape index (κ2) is 10.4. The Morgan fingerprint density at radius 3 is 2.55 bits per heavy atom. The van der Waals surface area contributed by atoms with Crippen LogP contribution in [0.2, 0.25) is 5.02 Å². The highest BCUT2D eigenvalue weighted by molar-refractivity contribution is 6.32. The molecule has 0 unspecified atom stereocenters. The van der Waals surface area contributed by atoms with Gasteiger partial charge in [-0.05, 0) is 50.9 Å². The molecule has 7 heteroatoms. The van der Waals surface area contributed by atoms with Gasteiger partial charge in [-0.1, -0.05) is 11.6 Å². The van der Waals surface area contributed by atoms with Crippen molar-refractivity contribution < 1.29 is 14.3 Å². The van der Waals surface area contributed by atoms with Crippen molar-refractivity contribution in [1.82, 2.24) is 14.7 Å². The molecular formula is C22H32ClN3O3. The summed E-state index contributed by atoms with van der Waals surface area (Å²) in [5, 5.41) is 0.479. The normalized spacial score (nSPS) is 20.8. The lowest BCUT2D eigenvalue weighted by Crippen LogP contribution is -2.49. The van der Waals surface area contributed by atoms with Gasteiger partial charge in [-0.15, -0.1) is 0 Å². The van der Waals surface area contributed by atoms with Crippen LogP contribution in [0.3, 0.4) is 0 Å². The van der Waals surface area contributed by atoms with Crippen LogP contribution < -0.4 is 4.74 Å². The maximum Gasteiger partial charge on any atom is 0.219 e. The summed E-state index contributed by atoms with van der Waals surface area (Å²) in [4.78, 5) is 30.4. The minimum absolute atomic E-state index is 0.0396. The number of rotatable bonds is 8. The first-order valence-corrected chi connectivity index (χ1v) is 11.0. The largest absolute Gasteiger partial charge is 0.492 e. The third-order valence-corrected chi connectivity index (χ3v) is 6.27. The van der Waals surface area contributed by atoms with Gasteiger partial charge < -0.3 is 14.5 Å². The van der Waals surface area contributed by atoms with E-state index in [4.69, 9.17) is 16.3 Å². The Balaban J connectivity index is 1.43. The third kappa shape index (κ3) is 6.17. The van der Waals surface area contributed by atoms with Crippen LogP contribution in [0.1, 0.15) is 43.5 Å². The molecule has 0 radical (unpaired) electrons. The summed E-state index contributed by atoms with van der Waals surface area (Å²) in [6.45, 7) is 9.84. The Hall–Kier alpha value is -1.63. The van der Waals surface area contributed by atoms with E-state index in [9.17, 15) is 9.59 Å². The number of ether oxygens (including phenoxy) is 1. The lowest BCUT2D eigenvalue weighted by atomic mass is 10.1. The van der Waals surface area contributed by atoms with E-state index in [2.05, 4.69) is 16.7 Å². The first-order chi connectivity index (χ1) is 13.9. The van der Waals surface area contributed by atoms with E-state index < -0.39 is 0 Å². The SMILES string of the molecule is CC(=O)N1CCN(CC(=O)c2ccc(OCCCN3CCC[C@H]3C)c(Cl)c2)CC1. The van der Waals surface area contributed by atoms with E-state index in [0.29, 0.717) is 48.6 Å². The van der Waals surface area contributed by atoms with Crippen molar-refractivity contribution in [2.45, 2.75) is 39.2 Å². The Morgan fingerprint density at radius 2 is 1.93 bits per heavy atom. The van der Waals surface area contributed by atoms with Crippen LogP contribution in [0.4, 0.5) is 0 Å². The van der Waals surface area contributed by atoms with Gasteiger partial charge >= 0.3 is 0 Å². The minimum atomic E-state index is 0.0396. The van der Waals surface area contributed by atoms with Gasteiger partial charge in [-0.3, -0.25) is 14.5 Å². The predicted octanol–water partition coefficient (Wildman–Crippen LogP) is 2.94. The molecule has 0 saturated carbocycles. The quantitative estimate of drug-likeness (QED) is 0.477. The number of hydrogen-bond donors (Lipinski definition) is 0. The number of ketones is 1. The van der Waals surface area contributed by atoms with Crippen molar-refractivity contribution in [3.8, 4) is 5.75 Å². The van der Waals surface area contributed by atoms with Gasteiger partial charge in [-0.25, -0.2) is 0 Å². The van der Waals surface area contributed by atoms with Crippen LogP contribution in [0, 0.1) is 0 Å². The molecule has 29 heavy (non-hydrogen) atoms. The van der Waals surface area contributed by atoms with Gasteiger partial charge in [0, 0.05) is 51.3 Å². The van der Waals surface area contributed by atoms with Crippen LogP contribution in [-0.4, -0.2) is 84.9 Å². The number of amides is 1. The zero-order valence-electron chi connectivity index (χ0n) is 17.5. The summed E-state index contributed by atoms with van der Waals surface area (Å²) >= 11 is 6.35. The average Bonchev–Trinajstić information content (AvgIpc) is 3.11. The minimum Gasteiger partial charge on any atom is -0.492 e. The number of Topliss-reactive ketones (excluding diaryl/α,β-unsaturated/α-hetero) is 1. The van der Waals surface area contributed by atoms with Crippen LogP contribution in [-0.2, 0) is 4.79 Å². The van der Waals surface area contributed by atoms with E-state index >= 15 is 0 Å². The zero-order chi connectivity index (χ0) is 20.8. The summed E-state index contributed by atoms with van der Waals surface area (Å²) < 4.78 is 5.83. The molecule has 1 aromatic rings. The molecule has 2 fully saturated rings. The van der Waals surface area contributed by atoms with Crippen LogP contribution in [0.5, 0.6) is 5.75 Å². The highest BCUT2D eigenvalue weighted by Gasteiger charge is 2.21. The number of halogens is 1. The second-order valence-corrected chi connectivity index (χ2v) is 8.49. The first kappa shape index (κ1) is 22.1. The van der Waals surface area contributed by atoms with E-state index in [1.807, 2.05) is 4.90 Å². The van der Waals surface area contributed by atoms with Gasteiger partial charge in [0.1, 0.15) is 5.75 Å². The first-order valence-electron chi connectivity index (χ1n) is 10.6. The summed E-state index contributed by atoms with van der Waals surface area (Å²) in [5.74, 6) is 0.763. The van der Waals surface area contributed by atoms with Crippen molar-refractivity contribution in [1.29, 1.82) is 0 Å². The molecule has 1 amide bonds. The molecule has 2 aliphatic rings. The Labute approximate surface area is 178 Å². The smallest absolute Gasteiger partial charge is 0.219 e. The number of carbonyl (C=O) groups excluding carboxylic acids is 2. The standard InChI is InChI=1S/C22H32ClN3O3/c1-17-5-3-8-25(17)9-4-14-29-22-7-6-19(15-20(22)23)21(28)16-24-10-12-26(13-11-24)18(2)27/h6-7,15,17H,3-5,8-14,16H2,1-2H3/t17-/m1/s1. The third-order valence-electron chi connectivity index (χ3n) is 5.98. The molecule has 0 aromatic heterocycles. The van der Waals surface area contributed by atoms with Gasteiger partial charge in [0.2, 0.25) is 5.91 Å². The van der Waals surface area contributed by atoms with E-state index in [1.54, 1.807) is 25.1 Å². The molecular weight excluding hydrogens is 390 g/mol. The van der Waals surface area contributed by atoms with Gasteiger partial charge in [0.05, 0.1) is 18.2 Å². The fourth-order valence-electron chi connectivity index (χ4n) is 4.08. The Kier molecular flexibility index (Phi) is 7.92. The summed E-state index contributed by atoms with van der Waals surface area (Å²) in [6.07, 6.45) is 3.54. The van der Waals surface area contributed by atoms with Crippen LogP contribution >= 0.6 is 11.6 Å². The van der Waals surface area contributed by atoms with Crippen molar-refractivity contribution in [3.63, 3.8) is 0 Å². The van der Waals surface area contributed by atoms with Gasteiger partial charge in [0.25, 0.3) is 0 Å². The van der Waals surface area contributed by atoms with Gasteiger partial charge in [-0.2, -0.15) is 0 Å². The topological polar surface area (TPSA) is 53.1 Å². The second-order valence-electron chi connectivity index (χ2n) is 8.08. The zero-order valence-corrected chi connectivity index (χ0v) is 18.3. The number of hydrogen-bond acceptors (Lipinski definition) is 5. The molecule has 2 saturated heterocycles. The predicted molar refractivity (Wildman–Crippen MR) is 115 cm³/mol. The average molecular weight is 422 g/mol. The van der Waals surface area contributed by atoms with Gasteiger partial charge in [0.15, 0.2) is 5.78 Å². The number of nitrogens with zero attached hydrogens (tertiary/aromatic N) is 3. The molecule has 6 nitrogen and oxygen atoms in total. The highest BCUT2D eigenvalue weighted by atomic mass is 35.5. The molecule has 1 atom stereocenters. The molecule has 0 aliphatic carbocycles. The summed E-state index contributed by atoms with van der Waals surface area (Å²) in [5.41, 5.74) is 0.599. The van der Waals surface area contributed by atoms with Crippen molar-refractivity contribution in [3.05, 3.63) is 28.8 Å². The maximum atomic E-state index is 12.6. The molecule has 1 aromatic carbocycles. The fourth-order valence-corrected chi connectivity index (χ4v) is 4.32. The number of benzene rings is 1. The number of likely N-dealkylation sites (tertiary alicyclic amines) is 1. The van der Waals surface area contributed by atoms with Crippen molar-refractivity contribution >= 4 is 23.3 Å². The Bertz CT molecular complexity index is 719. The number of carbonyl (C=O) groups is 2. The molecule has 160 valence electrons.